The average molecular weight is 450 g/mol. The SMILES string of the molecule is CC(C)NC(=O)c1csc(CSc2nnc(Cc3ccccc3)n2-c2ccccc2)n1. The van der Waals surface area contributed by atoms with Crippen molar-refractivity contribution < 1.29 is 4.79 Å². The first-order valence-corrected chi connectivity index (χ1v) is 11.9. The van der Waals surface area contributed by atoms with Crippen LogP contribution in [0, 0.1) is 0 Å². The van der Waals surface area contributed by atoms with Crippen LogP contribution < -0.4 is 5.32 Å². The number of hydrogen-bond acceptors (Lipinski definition) is 6. The standard InChI is InChI=1S/C23H23N5OS2/c1-16(2)24-22(29)19-14-30-21(25-19)15-31-23-27-26-20(13-17-9-5-3-6-10-17)28(23)18-11-7-4-8-12-18/h3-12,14,16H,13,15H2,1-2H3,(H,24,29). The lowest BCUT2D eigenvalue weighted by Gasteiger charge is -2.10. The van der Waals surface area contributed by atoms with E-state index in [0.29, 0.717) is 17.9 Å². The van der Waals surface area contributed by atoms with Gasteiger partial charge in [0.1, 0.15) is 16.5 Å². The molecule has 1 amide bonds. The largest absolute Gasteiger partial charge is 0.349 e. The number of benzene rings is 2. The number of para-hydroxylation sites is 1. The van der Waals surface area contributed by atoms with Gasteiger partial charge in [0.25, 0.3) is 5.91 Å². The summed E-state index contributed by atoms with van der Waals surface area (Å²) in [6.07, 6.45) is 0.695. The fourth-order valence-electron chi connectivity index (χ4n) is 3.07. The molecule has 158 valence electrons. The Balaban J connectivity index is 1.55. The van der Waals surface area contributed by atoms with Crippen molar-refractivity contribution in [3.63, 3.8) is 0 Å². The summed E-state index contributed by atoms with van der Waals surface area (Å²) in [6.45, 7) is 3.87. The van der Waals surface area contributed by atoms with E-state index >= 15 is 0 Å². The lowest BCUT2D eigenvalue weighted by Crippen LogP contribution is -2.30. The second kappa shape index (κ2) is 9.89. The maximum Gasteiger partial charge on any atom is 0.270 e. The molecule has 31 heavy (non-hydrogen) atoms. The van der Waals surface area contributed by atoms with Gasteiger partial charge < -0.3 is 5.32 Å². The summed E-state index contributed by atoms with van der Waals surface area (Å²) in [5, 5.41) is 15.3. The number of rotatable bonds is 8. The number of carbonyl (C=O) groups excluding carboxylic acids is 1. The Morgan fingerprint density at radius 3 is 2.48 bits per heavy atom. The van der Waals surface area contributed by atoms with Crippen molar-refractivity contribution in [3.8, 4) is 5.69 Å². The fraction of sp³-hybridized carbons (Fsp3) is 0.217. The highest BCUT2D eigenvalue weighted by Gasteiger charge is 2.17. The van der Waals surface area contributed by atoms with Crippen LogP contribution in [0.4, 0.5) is 0 Å². The number of amides is 1. The third-order valence-corrected chi connectivity index (χ3v) is 6.42. The van der Waals surface area contributed by atoms with Gasteiger partial charge in [0.05, 0.1) is 5.75 Å². The second-order valence-electron chi connectivity index (χ2n) is 7.28. The summed E-state index contributed by atoms with van der Waals surface area (Å²) in [7, 11) is 0. The summed E-state index contributed by atoms with van der Waals surface area (Å²) in [5.74, 6) is 1.37. The number of hydrogen-bond donors (Lipinski definition) is 1. The minimum atomic E-state index is -0.139. The lowest BCUT2D eigenvalue weighted by molar-refractivity contribution is 0.0938. The second-order valence-corrected chi connectivity index (χ2v) is 9.16. The van der Waals surface area contributed by atoms with Crippen molar-refractivity contribution >= 4 is 29.0 Å². The van der Waals surface area contributed by atoms with E-state index in [0.717, 1.165) is 21.7 Å². The van der Waals surface area contributed by atoms with Crippen molar-refractivity contribution in [2.75, 3.05) is 0 Å². The molecule has 0 aliphatic rings. The zero-order valence-corrected chi connectivity index (χ0v) is 19.0. The third kappa shape index (κ3) is 5.39. The van der Waals surface area contributed by atoms with E-state index in [-0.39, 0.29) is 11.9 Å². The molecule has 0 aliphatic heterocycles. The number of thiazole rings is 1. The zero-order chi connectivity index (χ0) is 21.6. The highest BCUT2D eigenvalue weighted by Crippen LogP contribution is 2.27. The summed E-state index contributed by atoms with van der Waals surface area (Å²) in [6, 6.07) is 20.5. The molecule has 0 unspecified atom stereocenters. The smallest absolute Gasteiger partial charge is 0.270 e. The van der Waals surface area contributed by atoms with E-state index in [1.165, 1.54) is 16.9 Å². The maximum absolute atomic E-state index is 12.2. The van der Waals surface area contributed by atoms with Crippen LogP contribution in [0.5, 0.6) is 0 Å². The number of carbonyl (C=O) groups is 1. The highest BCUT2D eigenvalue weighted by molar-refractivity contribution is 7.98. The first-order valence-electron chi connectivity index (χ1n) is 10.0. The monoisotopic (exact) mass is 449 g/mol. The van der Waals surface area contributed by atoms with Gasteiger partial charge in [-0.1, -0.05) is 60.3 Å². The van der Waals surface area contributed by atoms with Crippen molar-refractivity contribution in [2.45, 2.75) is 37.2 Å². The Kier molecular flexibility index (Phi) is 6.79. The van der Waals surface area contributed by atoms with E-state index in [4.69, 9.17) is 0 Å². The van der Waals surface area contributed by atoms with Crippen LogP contribution in [-0.2, 0) is 12.2 Å². The normalized spacial score (nSPS) is 11.1. The molecule has 4 aromatic rings. The van der Waals surface area contributed by atoms with Gasteiger partial charge in [0.15, 0.2) is 5.16 Å². The van der Waals surface area contributed by atoms with Crippen LogP contribution in [0.2, 0.25) is 0 Å². The van der Waals surface area contributed by atoms with E-state index in [1.807, 2.05) is 50.2 Å². The molecule has 0 saturated heterocycles. The summed E-state index contributed by atoms with van der Waals surface area (Å²) in [4.78, 5) is 16.6. The predicted octanol–water partition coefficient (Wildman–Crippen LogP) is 4.75. The Morgan fingerprint density at radius 2 is 1.77 bits per heavy atom. The summed E-state index contributed by atoms with van der Waals surface area (Å²) >= 11 is 3.06. The van der Waals surface area contributed by atoms with Gasteiger partial charge >= 0.3 is 0 Å². The van der Waals surface area contributed by atoms with Gasteiger partial charge in [-0.2, -0.15) is 0 Å². The fourth-order valence-corrected chi connectivity index (χ4v) is 4.83. The third-order valence-electron chi connectivity index (χ3n) is 4.45. The molecule has 0 saturated carbocycles. The number of nitrogens with zero attached hydrogens (tertiary/aromatic N) is 4. The maximum atomic E-state index is 12.2. The molecule has 2 heterocycles. The minimum Gasteiger partial charge on any atom is -0.349 e. The van der Waals surface area contributed by atoms with E-state index < -0.39 is 0 Å². The van der Waals surface area contributed by atoms with Gasteiger partial charge in [-0.25, -0.2) is 4.98 Å². The van der Waals surface area contributed by atoms with Gasteiger partial charge in [-0.3, -0.25) is 9.36 Å². The molecule has 1 N–H and O–H groups in total. The van der Waals surface area contributed by atoms with Gasteiger partial charge in [-0.15, -0.1) is 21.5 Å². The molecule has 0 spiro atoms. The minimum absolute atomic E-state index is 0.0829. The summed E-state index contributed by atoms with van der Waals surface area (Å²) < 4.78 is 2.09. The molecule has 2 aromatic carbocycles. The lowest BCUT2D eigenvalue weighted by atomic mass is 10.1. The van der Waals surface area contributed by atoms with Crippen molar-refractivity contribution in [2.24, 2.45) is 0 Å². The van der Waals surface area contributed by atoms with Crippen LogP contribution in [0.1, 0.15) is 40.7 Å². The van der Waals surface area contributed by atoms with Crippen molar-refractivity contribution in [1.29, 1.82) is 0 Å². The predicted molar refractivity (Wildman–Crippen MR) is 125 cm³/mol. The first kappa shape index (κ1) is 21.3. The average Bonchev–Trinajstić information content (AvgIpc) is 3.40. The van der Waals surface area contributed by atoms with E-state index in [2.05, 4.69) is 49.3 Å². The van der Waals surface area contributed by atoms with Crippen LogP contribution in [-0.4, -0.2) is 31.7 Å². The molecule has 0 fully saturated rings. The molecule has 0 atom stereocenters. The van der Waals surface area contributed by atoms with E-state index in [1.54, 1.807) is 17.1 Å². The summed E-state index contributed by atoms with van der Waals surface area (Å²) in [5.41, 5.74) is 2.67. The van der Waals surface area contributed by atoms with E-state index in [9.17, 15) is 4.79 Å². The molecular formula is C23H23N5OS2. The molecule has 8 heteroatoms. The topological polar surface area (TPSA) is 72.7 Å². The van der Waals surface area contributed by atoms with Gasteiger partial charge in [-0.05, 0) is 31.5 Å². The van der Waals surface area contributed by atoms with Crippen LogP contribution in [0.15, 0.2) is 71.2 Å². The molecular weight excluding hydrogens is 426 g/mol. The number of aromatic nitrogens is 4. The molecule has 2 aromatic heterocycles. The van der Waals surface area contributed by atoms with Crippen LogP contribution in [0.3, 0.4) is 0 Å². The number of nitrogens with one attached hydrogen (secondary N) is 1. The molecule has 6 nitrogen and oxygen atoms in total. The van der Waals surface area contributed by atoms with Crippen molar-refractivity contribution in [3.05, 3.63) is 88.1 Å². The van der Waals surface area contributed by atoms with Crippen LogP contribution in [0.25, 0.3) is 5.69 Å². The first-order chi connectivity index (χ1) is 15.1. The Morgan fingerprint density at radius 1 is 1.06 bits per heavy atom. The molecule has 4 rings (SSSR count). The highest BCUT2D eigenvalue weighted by atomic mass is 32.2. The van der Waals surface area contributed by atoms with Crippen LogP contribution >= 0.6 is 23.1 Å². The quantitative estimate of drug-likeness (QED) is 0.393. The Labute approximate surface area is 189 Å². The molecule has 0 bridgehead atoms. The van der Waals surface area contributed by atoms with Gasteiger partial charge in [0.2, 0.25) is 0 Å². The number of thioether (sulfide) groups is 1. The zero-order valence-electron chi connectivity index (χ0n) is 17.4. The molecule has 0 aliphatic carbocycles. The van der Waals surface area contributed by atoms with Gasteiger partial charge in [0, 0.05) is 23.5 Å². The molecule has 0 radical (unpaired) electrons. The Hall–Kier alpha value is -2.97. The van der Waals surface area contributed by atoms with Crippen molar-refractivity contribution in [1.82, 2.24) is 25.1 Å². The Bertz CT molecular complexity index is 1140.